The van der Waals surface area contributed by atoms with Gasteiger partial charge in [0.15, 0.2) is 6.61 Å². The van der Waals surface area contributed by atoms with Crippen LogP contribution >= 0.6 is 11.6 Å². The predicted molar refractivity (Wildman–Crippen MR) is 106 cm³/mol. The molecule has 138 valence electrons. The lowest BCUT2D eigenvalue weighted by molar-refractivity contribution is -0.123. The number of ether oxygens (including phenoxy) is 1. The van der Waals surface area contributed by atoms with E-state index in [2.05, 4.69) is 30.4 Å². The van der Waals surface area contributed by atoms with Crippen molar-refractivity contribution in [2.45, 2.75) is 52.0 Å². The highest BCUT2D eigenvalue weighted by atomic mass is 35.5. The third-order valence-corrected chi connectivity index (χ3v) is 5.44. The van der Waals surface area contributed by atoms with Gasteiger partial charge in [0.2, 0.25) is 0 Å². The largest absolute Gasteiger partial charge is 0.484 e. The maximum absolute atomic E-state index is 12.3. The fourth-order valence-corrected chi connectivity index (χ4v) is 3.60. The summed E-state index contributed by atoms with van der Waals surface area (Å²) >= 11 is 6.01. The summed E-state index contributed by atoms with van der Waals surface area (Å²) in [4.78, 5) is 12.3. The summed E-state index contributed by atoms with van der Waals surface area (Å²) in [6.07, 6.45) is 5.71. The summed E-state index contributed by atoms with van der Waals surface area (Å²) in [5.41, 5.74) is 5.02. The zero-order valence-corrected chi connectivity index (χ0v) is 16.2. The standard InChI is InChI=1S/C22H26ClNO2/c1-3-21(18-9-8-16-6-4-5-7-17(16)13-18)24-22(25)14-26-19-10-11-20(23)15(2)12-19/h8-13,21H,3-7,14H2,1-2H3,(H,24,25)/t21-/m0/s1. The lowest BCUT2D eigenvalue weighted by Gasteiger charge is -2.22. The van der Waals surface area contributed by atoms with Crippen LogP contribution in [0.4, 0.5) is 0 Å². The Hall–Kier alpha value is -2.00. The molecular weight excluding hydrogens is 346 g/mol. The molecule has 0 aromatic heterocycles. The van der Waals surface area contributed by atoms with Crippen molar-refractivity contribution in [1.82, 2.24) is 5.32 Å². The van der Waals surface area contributed by atoms with Gasteiger partial charge in [0.1, 0.15) is 5.75 Å². The molecule has 0 fully saturated rings. The van der Waals surface area contributed by atoms with E-state index in [-0.39, 0.29) is 18.6 Å². The molecule has 0 saturated carbocycles. The fourth-order valence-electron chi connectivity index (χ4n) is 3.48. The van der Waals surface area contributed by atoms with E-state index in [0.717, 1.165) is 18.4 Å². The molecule has 26 heavy (non-hydrogen) atoms. The lowest BCUT2D eigenvalue weighted by atomic mass is 9.89. The maximum Gasteiger partial charge on any atom is 0.258 e. The lowest BCUT2D eigenvalue weighted by Crippen LogP contribution is -2.32. The SMILES string of the molecule is CC[C@H](NC(=O)COc1ccc(Cl)c(C)c1)c1ccc2c(c1)CCCC2. The number of carbonyl (C=O) groups excluding carboxylic acids is 1. The number of carbonyl (C=O) groups is 1. The Bertz CT molecular complexity index is 788. The van der Waals surface area contributed by atoms with Gasteiger partial charge in [0.25, 0.3) is 5.91 Å². The molecule has 0 spiro atoms. The van der Waals surface area contributed by atoms with Crippen molar-refractivity contribution in [2.24, 2.45) is 0 Å². The number of benzene rings is 2. The van der Waals surface area contributed by atoms with Crippen LogP contribution in [0.2, 0.25) is 5.02 Å². The molecular formula is C22H26ClNO2. The van der Waals surface area contributed by atoms with Crippen LogP contribution in [0.15, 0.2) is 36.4 Å². The van der Waals surface area contributed by atoms with Gasteiger partial charge in [-0.05, 0) is 79.5 Å². The Kier molecular flexibility index (Phi) is 6.20. The van der Waals surface area contributed by atoms with Gasteiger partial charge in [-0.15, -0.1) is 0 Å². The Labute approximate surface area is 160 Å². The summed E-state index contributed by atoms with van der Waals surface area (Å²) in [5, 5.41) is 3.79. The minimum absolute atomic E-state index is 0.00249. The van der Waals surface area contributed by atoms with E-state index in [1.165, 1.54) is 36.0 Å². The summed E-state index contributed by atoms with van der Waals surface area (Å²) in [6, 6.07) is 12.1. The summed E-state index contributed by atoms with van der Waals surface area (Å²) in [7, 11) is 0. The average molecular weight is 372 g/mol. The highest BCUT2D eigenvalue weighted by molar-refractivity contribution is 6.31. The van der Waals surface area contributed by atoms with Gasteiger partial charge in [0.05, 0.1) is 6.04 Å². The molecule has 0 saturated heterocycles. The number of amides is 1. The van der Waals surface area contributed by atoms with Crippen LogP contribution < -0.4 is 10.1 Å². The first kappa shape index (κ1) is 18.8. The van der Waals surface area contributed by atoms with Gasteiger partial charge in [0, 0.05) is 5.02 Å². The van der Waals surface area contributed by atoms with Crippen molar-refractivity contribution < 1.29 is 9.53 Å². The van der Waals surface area contributed by atoms with Gasteiger partial charge >= 0.3 is 0 Å². The van der Waals surface area contributed by atoms with Crippen LogP contribution in [0, 0.1) is 6.92 Å². The maximum atomic E-state index is 12.3. The summed E-state index contributed by atoms with van der Waals surface area (Å²) in [5.74, 6) is 0.547. The van der Waals surface area contributed by atoms with E-state index in [4.69, 9.17) is 16.3 Å². The first-order valence-electron chi connectivity index (χ1n) is 9.37. The molecule has 1 aliphatic carbocycles. The molecule has 0 unspecified atom stereocenters. The molecule has 4 heteroatoms. The molecule has 1 amide bonds. The van der Waals surface area contributed by atoms with Crippen LogP contribution in [-0.2, 0) is 17.6 Å². The number of hydrogen-bond donors (Lipinski definition) is 1. The molecule has 2 aromatic rings. The van der Waals surface area contributed by atoms with Crippen molar-refractivity contribution in [1.29, 1.82) is 0 Å². The molecule has 1 aliphatic rings. The third kappa shape index (κ3) is 4.59. The second-order valence-corrected chi connectivity index (χ2v) is 7.37. The van der Waals surface area contributed by atoms with Crippen LogP contribution in [0.5, 0.6) is 5.75 Å². The minimum atomic E-state index is -0.109. The third-order valence-electron chi connectivity index (χ3n) is 5.02. The second kappa shape index (κ2) is 8.59. The second-order valence-electron chi connectivity index (χ2n) is 6.96. The molecule has 0 radical (unpaired) electrons. The number of halogens is 1. The van der Waals surface area contributed by atoms with E-state index in [0.29, 0.717) is 10.8 Å². The Balaban J connectivity index is 1.60. The van der Waals surface area contributed by atoms with E-state index in [1.807, 2.05) is 13.0 Å². The quantitative estimate of drug-likeness (QED) is 0.760. The molecule has 0 bridgehead atoms. The van der Waals surface area contributed by atoms with E-state index >= 15 is 0 Å². The Morgan fingerprint density at radius 3 is 2.65 bits per heavy atom. The molecule has 0 aliphatic heterocycles. The van der Waals surface area contributed by atoms with Gasteiger partial charge in [-0.25, -0.2) is 0 Å². The number of fused-ring (bicyclic) bond motifs is 1. The topological polar surface area (TPSA) is 38.3 Å². The number of hydrogen-bond acceptors (Lipinski definition) is 2. The van der Waals surface area contributed by atoms with Gasteiger partial charge in [-0.2, -0.15) is 0 Å². The molecule has 3 nitrogen and oxygen atoms in total. The van der Waals surface area contributed by atoms with Crippen molar-refractivity contribution in [2.75, 3.05) is 6.61 Å². The van der Waals surface area contributed by atoms with E-state index in [1.54, 1.807) is 12.1 Å². The highest BCUT2D eigenvalue weighted by Gasteiger charge is 2.16. The molecule has 2 aromatic carbocycles. The van der Waals surface area contributed by atoms with Crippen molar-refractivity contribution in [3.8, 4) is 5.75 Å². The highest BCUT2D eigenvalue weighted by Crippen LogP contribution is 2.26. The zero-order valence-electron chi connectivity index (χ0n) is 15.5. The van der Waals surface area contributed by atoms with Crippen LogP contribution in [0.3, 0.4) is 0 Å². The predicted octanol–water partition coefficient (Wildman–Crippen LogP) is 5.17. The van der Waals surface area contributed by atoms with Gasteiger partial charge in [-0.1, -0.05) is 36.7 Å². The van der Waals surface area contributed by atoms with Crippen LogP contribution in [0.25, 0.3) is 0 Å². The van der Waals surface area contributed by atoms with Crippen LogP contribution in [0.1, 0.15) is 54.5 Å². The molecule has 1 N–H and O–H groups in total. The van der Waals surface area contributed by atoms with Crippen molar-refractivity contribution in [3.05, 3.63) is 63.7 Å². The Morgan fingerprint density at radius 2 is 1.92 bits per heavy atom. The van der Waals surface area contributed by atoms with Crippen molar-refractivity contribution in [3.63, 3.8) is 0 Å². The first-order chi connectivity index (χ1) is 12.6. The normalized spacial score (nSPS) is 14.4. The molecule has 0 heterocycles. The minimum Gasteiger partial charge on any atom is -0.484 e. The number of rotatable bonds is 6. The number of nitrogens with one attached hydrogen (secondary N) is 1. The number of aryl methyl sites for hydroxylation is 3. The fraction of sp³-hybridized carbons (Fsp3) is 0.409. The van der Waals surface area contributed by atoms with Crippen LogP contribution in [-0.4, -0.2) is 12.5 Å². The first-order valence-corrected chi connectivity index (χ1v) is 9.74. The Morgan fingerprint density at radius 1 is 1.15 bits per heavy atom. The molecule has 1 atom stereocenters. The smallest absolute Gasteiger partial charge is 0.258 e. The van der Waals surface area contributed by atoms with E-state index < -0.39 is 0 Å². The van der Waals surface area contributed by atoms with E-state index in [9.17, 15) is 4.79 Å². The summed E-state index contributed by atoms with van der Waals surface area (Å²) in [6.45, 7) is 4.01. The van der Waals surface area contributed by atoms with Gasteiger partial charge < -0.3 is 10.1 Å². The molecule has 3 rings (SSSR count). The zero-order chi connectivity index (χ0) is 18.5. The van der Waals surface area contributed by atoms with Crippen molar-refractivity contribution >= 4 is 17.5 Å². The average Bonchev–Trinajstić information content (AvgIpc) is 2.66. The van der Waals surface area contributed by atoms with Gasteiger partial charge in [-0.3, -0.25) is 4.79 Å². The summed E-state index contributed by atoms with van der Waals surface area (Å²) < 4.78 is 5.60. The monoisotopic (exact) mass is 371 g/mol.